The molecule has 1 rings (SSSR count). The van der Waals surface area contributed by atoms with Crippen LogP contribution in [0.2, 0.25) is 0 Å². The summed E-state index contributed by atoms with van der Waals surface area (Å²) >= 11 is 0. The van der Waals surface area contributed by atoms with E-state index in [4.69, 9.17) is 5.73 Å². The summed E-state index contributed by atoms with van der Waals surface area (Å²) in [5, 5.41) is 2.84. The molecule has 0 aliphatic heterocycles. The number of anilines is 1. The number of rotatable bonds is 5. The zero-order chi connectivity index (χ0) is 12.7. The van der Waals surface area contributed by atoms with Crippen LogP contribution < -0.4 is 11.1 Å². The molecule has 1 amide bonds. The Morgan fingerprint density at radius 1 is 1.59 bits per heavy atom. The van der Waals surface area contributed by atoms with Crippen LogP contribution in [0.15, 0.2) is 43.0 Å². The summed E-state index contributed by atoms with van der Waals surface area (Å²) in [6.45, 7) is 5.57. The average Bonchev–Trinajstić information content (AvgIpc) is 2.27. The van der Waals surface area contributed by atoms with Gasteiger partial charge in [-0.05, 0) is 37.1 Å². The van der Waals surface area contributed by atoms with Crippen molar-refractivity contribution in [2.75, 3.05) is 5.73 Å². The van der Waals surface area contributed by atoms with E-state index in [-0.39, 0.29) is 11.9 Å². The van der Waals surface area contributed by atoms with Gasteiger partial charge in [-0.15, -0.1) is 6.58 Å². The molecule has 1 unspecified atom stereocenters. The highest BCUT2D eigenvalue weighted by Gasteiger charge is 2.01. The van der Waals surface area contributed by atoms with Crippen LogP contribution in [0, 0.1) is 0 Å². The molecule has 90 valence electrons. The van der Waals surface area contributed by atoms with E-state index in [2.05, 4.69) is 11.9 Å². The molecule has 0 radical (unpaired) electrons. The second kappa shape index (κ2) is 6.53. The molecule has 3 heteroatoms. The molecule has 1 aromatic rings. The van der Waals surface area contributed by atoms with Gasteiger partial charge in [-0.2, -0.15) is 0 Å². The van der Waals surface area contributed by atoms with Gasteiger partial charge in [0, 0.05) is 17.8 Å². The first kappa shape index (κ1) is 13.0. The molecule has 0 saturated heterocycles. The summed E-state index contributed by atoms with van der Waals surface area (Å²) in [5.74, 6) is -0.109. The lowest BCUT2D eigenvalue weighted by atomic mass is 10.2. The normalized spacial score (nSPS) is 12.3. The van der Waals surface area contributed by atoms with E-state index in [0.717, 1.165) is 12.0 Å². The molecule has 0 saturated carbocycles. The first-order valence-electron chi connectivity index (χ1n) is 5.57. The number of hydrogen-bond acceptors (Lipinski definition) is 2. The van der Waals surface area contributed by atoms with Crippen LogP contribution in [-0.2, 0) is 4.79 Å². The molecule has 0 aliphatic carbocycles. The lowest BCUT2D eigenvalue weighted by Crippen LogP contribution is -2.30. The second-order valence-corrected chi connectivity index (χ2v) is 3.94. The van der Waals surface area contributed by atoms with Crippen LogP contribution in [0.1, 0.15) is 18.9 Å². The minimum absolute atomic E-state index is 0.102. The first-order valence-corrected chi connectivity index (χ1v) is 5.57. The van der Waals surface area contributed by atoms with Gasteiger partial charge in [0.15, 0.2) is 0 Å². The maximum atomic E-state index is 11.5. The van der Waals surface area contributed by atoms with Gasteiger partial charge < -0.3 is 11.1 Å². The number of nitrogens with one attached hydrogen (secondary N) is 1. The van der Waals surface area contributed by atoms with E-state index in [1.165, 1.54) is 6.08 Å². The first-order chi connectivity index (χ1) is 8.11. The Morgan fingerprint density at radius 2 is 2.35 bits per heavy atom. The minimum Gasteiger partial charge on any atom is -0.399 e. The Morgan fingerprint density at radius 3 is 3.00 bits per heavy atom. The van der Waals surface area contributed by atoms with E-state index >= 15 is 0 Å². The van der Waals surface area contributed by atoms with Crippen LogP contribution in [-0.4, -0.2) is 11.9 Å². The molecular formula is C14H18N2O. The van der Waals surface area contributed by atoms with Crippen molar-refractivity contribution in [3.05, 3.63) is 48.6 Å². The average molecular weight is 230 g/mol. The summed E-state index contributed by atoms with van der Waals surface area (Å²) in [5.41, 5.74) is 7.24. The zero-order valence-electron chi connectivity index (χ0n) is 10.0. The number of hydrogen-bond donors (Lipinski definition) is 2. The second-order valence-electron chi connectivity index (χ2n) is 3.94. The van der Waals surface area contributed by atoms with Crippen molar-refractivity contribution in [1.82, 2.24) is 5.32 Å². The van der Waals surface area contributed by atoms with Gasteiger partial charge in [-0.25, -0.2) is 0 Å². The molecule has 3 nitrogen and oxygen atoms in total. The van der Waals surface area contributed by atoms with Crippen molar-refractivity contribution in [3.63, 3.8) is 0 Å². The Kier molecular flexibility index (Phi) is 5.01. The van der Waals surface area contributed by atoms with Crippen molar-refractivity contribution in [1.29, 1.82) is 0 Å². The molecule has 0 aliphatic rings. The fourth-order valence-corrected chi connectivity index (χ4v) is 1.43. The lowest BCUT2D eigenvalue weighted by Gasteiger charge is -2.08. The Bertz CT molecular complexity index is 424. The van der Waals surface area contributed by atoms with Gasteiger partial charge in [-0.1, -0.05) is 18.2 Å². The molecule has 0 heterocycles. The van der Waals surface area contributed by atoms with E-state index in [1.807, 2.05) is 31.2 Å². The standard InChI is InChI=1S/C14H18N2O/c1-3-5-11(2)16-14(17)9-8-12-6-4-7-13(15)10-12/h3-4,6-11H,1,5,15H2,2H3,(H,16,17)/b9-8+. The Balaban J connectivity index is 2.53. The topological polar surface area (TPSA) is 55.1 Å². The van der Waals surface area contributed by atoms with Crippen LogP contribution in [0.25, 0.3) is 6.08 Å². The number of nitrogen functional groups attached to an aromatic ring is 1. The third kappa shape index (κ3) is 5.02. The molecule has 1 atom stereocenters. The third-order valence-electron chi connectivity index (χ3n) is 2.25. The smallest absolute Gasteiger partial charge is 0.244 e. The monoisotopic (exact) mass is 230 g/mol. The molecule has 0 fully saturated rings. The summed E-state index contributed by atoms with van der Waals surface area (Å²) in [4.78, 5) is 11.5. The van der Waals surface area contributed by atoms with E-state index in [9.17, 15) is 4.79 Å². The van der Waals surface area contributed by atoms with E-state index in [0.29, 0.717) is 5.69 Å². The van der Waals surface area contributed by atoms with Gasteiger partial charge in [0.2, 0.25) is 5.91 Å². The Hall–Kier alpha value is -2.03. The van der Waals surface area contributed by atoms with Crippen molar-refractivity contribution >= 4 is 17.7 Å². The molecule has 0 bridgehead atoms. The van der Waals surface area contributed by atoms with Gasteiger partial charge in [0.1, 0.15) is 0 Å². The summed E-state index contributed by atoms with van der Waals surface area (Å²) in [7, 11) is 0. The number of amides is 1. The van der Waals surface area contributed by atoms with Gasteiger partial charge in [0.25, 0.3) is 0 Å². The van der Waals surface area contributed by atoms with Crippen molar-refractivity contribution in [2.24, 2.45) is 0 Å². The molecule has 1 aromatic carbocycles. The van der Waals surface area contributed by atoms with Crippen LogP contribution in [0.3, 0.4) is 0 Å². The molecular weight excluding hydrogens is 212 g/mol. The molecule has 0 aromatic heterocycles. The predicted octanol–water partition coefficient (Wildman–Crippen LogP) is 2.36. The summed E-state index contributed by atoms with van der Waals surface area (Å²) in [6, 6.07) is 7.48. The van der Waals surface area contributed by atoms with Gasteiger partial charge in [0.05, 0.1) is 0 Å². The number of carbonyl (C=O) groups is 1. The number of nitrogens with two attached hydrogens (primary N) is 1. The summed E-state index contributed by atoms with van der Waals surface area (Å²) in [6.07, 6.45) is 5.80. The highest BCUT2D eigenvalue weighted by molar-refractivity contribution is 5.92. The zero-order valence-corrected chi connectivity index (χ0v) is 10.0. The number of benzene rings is 1. The lowest BCUT2D eigenvalue weighted by molar-refractivity contribution is -0.117. The van der Waals surface area contributed by atoms with Gasteiger partial charge >= 0.3 is 0 Å². The highest BCUT2D eigenvalue weighted by Crippen LogP contribution is 2.07. The van der Waals surface area contributed by atoms with Crippen LogP contribution in [0.4, 0.5) is 5.69 Å². The van der Waals surface area contributed by atoms with Crippen molar-refractivity contribution < 1.29 is 4.79 Å². The predicted molar refractivity (Wildman–Crippen MR) is 72.3 cm³/mol. The fourth-order valence-electron chi connectivity index (χ4n) is 1.43. The van der Waals surface area contributed by atoms with E-state index < -0.39 is 0 Å². The van der Waals surface area contributed by atoms with Gasteiger partial charge in [-0.3, -0.25) is 4.79 Å². The quantitative estimate of drug-likeness (QED) is 0.463. The largest absolute Gasteiger partial charge is 0.399 e. The number of carbonyl (C=O) groups excluding carboxylic acids is 1. The minimum atomic E-state index is -0.109. The van der Waals surface area contributed by atoms with Crippen molar-refractivity contribution in [2.45, 2.75) is 19.4 Å². The fraction of sp³-hybridized carbons (Fsp3) is 0.214. The maximum absolute atomic E-state index is 11.5. The highest BCUT2D eigenvalue weighted by atomic mass is 16.1. The molecule has 3 N–H and O–H groups in total. The van der Waals surface area contributed by atoms with Crippen LogP contribution >= 0.6 is 0 Å². The van der Waals surface area contributed by atoms with Crippen molar-refractivity contribution in [3.8, 4) is 0 Å². The molecule has 17 heavy (non-hydrogen) atoms. The van der Waals surface area contributed by atoms with Crippen LogP contribution in [0.5, 0.6) is 0 Å². The molecule has 0 spiro atoms. The maximum Gasteiger partial charge on any atom is 0.244 e. The third-order valence-corrected chi connectivity index (χ3v) is 2.25. The van der Waals surface area contributed by atoms with E-state index in [1.54, 1.807) is 12.2 Å². The SMILES string of the molecule is C=CCC(C)NC(=O)/C=C/c1cccc(N)c1. The summed E-state index contributed by atoms with van der Waals surface area (Å²) < 4.78 is 0. The Labute approximate surface area is 102 Å².